The molecule has 1 aromatic rings. The van der Waals surface area contributed by atoms with Crippen LogP contribution >= 0.6 is 0 Å². The first-order valence-electron chi connectivity index (χ1n) is 4.80. The summed E-state index contributed by atoms with van der Waals surface area (Å²) in [5.41, 5.74) is 1.70. The molecule has 5 nitrogen and oxygen atoms in total. The molecular formula is C9H12N4O. The molecule has 0 bridgehead atoms. The monoisotopic (exact) mass is 192 g/mol. The standard InChI is InChI=1S/C9H12N4O/c1-12-4-6-5-13(7-2-10-3-7)9(14)8(6)11-12/h4,7,10H,2-3,5H2,1H3. The van der Waals surface area contributed by atoms with Crippen LogP contribution in [0.4, 0.5) is 0 Å². The molecule has 1 N–H and O–H groups in total. The molecular weight excluding hydrogens is 180 g/mol. The molecule has 0 spiro atoms. The van der Waals surface area contributed by atoms with Gasteiger partial charge in [0, 0.05) is 31.9 Å². The highest BCUT2D eigenvalue weighted by atomic mass is 16.2. The number of hydrogen-bond acceptors (Lipinski definition) is 3. The third-order valence-corrected chi connectivity index (χ3v) is 2.91. The number of aryl methyl sites for hydroxylation is 1. The summed E-state index contributed by atoms with van der Waals surface area (Å²) in [6.45, 7) is 2.57. The van der Waals surface area contributed by atoms with Crippen molar-refractivity contribution in [2.45, 2.75) is 12.6 Å². The summed E-state index contributed by atoms with van der Waals surface area (Å²) in [5, 5.41) is 7.34. The minimum Gasteiger partial charge on any atom is -0.327 e. The Morgan fingerprint density at radius 1 is 1.57 bits per heavy atom. The fourth-order valence-electron chi connectivity index (χ4n) is 2.01. The fraction of sp³-hybridized carbons (Fsp3) is 0.556. The van der Waals surface area contributed by atoms with Crippen molar-refractivity contribution in [1.29, 1.82) is 0 Å². The SMILES string of the molecule is Cn1cc2c(n1)C(=O)N(C1CNC1)C2. The molecule has 3 rings (SSSR count). The normalized spacial score (nSPS) is 21.2. The van der Waals surface area contributed by atoms with Crippen LogP contribution in [-0.4, -0.2) is 39.7 Å². The molecule has 0 saturated carbocycles. The number of amides is 1. The summed E-state index contributed by atoms with van der Waals surface area (Å²) < 4.78 is 1.71. The lowest BCUT2D eigenvalue weighted by atomic mass is 10.1. The third kappa shape index (κ3) is 0.928. The fourth-order valence-corrected chi connectivity index (χ4v) is 2.01. The Kier molecular flexibility index (Phi) is 1.47. The van der Waals surface area contributed by atoms with Crippen molar-refractivity contribution < 1.29 is 4.79 Å². The summed E-state index contributed by atoms with van der Waals surface area (Å²) in [4.78, 5) is 13.8. The lowest BCUT2D eigenvalue weighted by Gasteiger charge is -2.35. The van der Waals surface area contributed by atoms with E-state index in [4.69, 9.17) is 0 Å². The summed E-state index contributed by atoms with van der Waals surface area (Å²) in [6, 6.07) is 0.377. The number of carbonyl (C=O) groups is 1. The van der Waals surface area contributed by atoms with Gasteiger partial charge in [0.2, 0.25) is 0 Å². The largest absolute Gasteiger partial charge is 0.327 e. The molecule has 0 radical (unpaired) electrons. The van der Waals surface area contributed by atoms with Crippen molar-refractivity contribution in [3.63, 3.8) is 0 Å². The van der Waals surface area contributed by atoms with E-state index in [-0.39, 0.29) is 5.91 Å². The Morgan fingerprint density at radius 3 is 2.93 bits per heavy atom. The van der Waals surface area contributed by atoms with Crippen molar-refractivity contribution in [3.05, 3.63) is 17.5 Å². The van der Waals surface area contributed by atoms with Crippen LogP contribution in [0.1, 0.15) is 16.1 Å². The molecule has 14 heavy (non-hydrogen) atoms. The Hall–Kier alpha value is -1.36. The van der Waals surface area contributed by atoms with E-state index in [9.17, 15) is 4.79 Å². The van der Waals surface area contributed by atoms with Gasteiger partial charge in [-0.25, -0.2) is 0 Å². The first-order valence-corrected chi connectivity index (χ1v) is 4.80. The maximum absolute atomic E-state index is 11.9. The van der Waals surface area contributed by atoms with E-state index in [2.05, 4.69) is 10.4 Å². The van der Waals surface area contributed by atoms with Crippen molar-refractivity contribution in [2.75, 3.05) is 13.1 Å². The number of fused-ring (bicyclic) bond motifs is 1. The predicted molar refractivity (Wildman–Crippen MR) is 49.7 cm³/mol. The minimum atomic E-state index is 0.0899. The third-order valence-electron chi connectivity index (χ3n) is 2.91. The highest BCUT2D eigenvalue weighted by Gasteiger charge is 2.37. The predicted octanol–water partition coefficient (Wildman–Crippen LogP) is -0.652. The van der Waals surface area contributed by atoms with Gasteiger partial charge in [-0.2, -0.15) is 5.10 Å². The number of hydrogen-bond donors (Lipinski definition) is 1. The van der Waals surface area contributed by atoms with Gasteiger partial charge in [0.25, 0.3) is 5.91 Å². The number of carbonyl (C=O) groups excluding carboxylic acids is 1. The molecule has 3 heterocycles. The number of nitrogens with one attached hydrogen (secondary N) is 1. The Labute approximate surface area is 81.7 Å². The molecule has 0 aliphatic carbocycles. The highest BCUT2D eigenvalue weighted by molar-refractivity contribution is 5.96. The Balaban J connectivity index is 1.90. The molecule has 1 aromatic heterocycles. The van der Waals surface area contributed by atoms with Crippen LogP contribution < -0.4 is 5.32 Å². The van der Waals surface area contributed by atoms with Crippen molar-refractivity contribution in [1.82, 2.24) is 20.0 Å². The second-order valence-corrected chi connectivity index (χ2v) is 3.92. The van der Waals surface area contributed by atoms with Crippen LogP contribution in [-0.2, 0) is 13.6 Å². The van der Waals surface area contributed by atoms with Crippen LogP contribution in [0.2, 0.25) is 0 Å². The lowest BCUT2D eigenvalue weighted by Crippen LogP contribution is -2.57. The number of aromatic nitrogens is 2. The second-order valence-electron chi connectivity index (χ2n) is 3.92. The maximum atomic E-state index is 11.9. The first-order chi connectivity index (χ1) is 6.75. The van der Waals surface area contributed by atoms with Crippen LogP contribution in [0.15, 0.2) is 6.20 Å². The average Bonchev–Trinajstić information content (AvgIpc) is 2.51. The lowest BCUT2D eigenvalue weighted by molar-refractivity contribution is 0.0634. The number of rotatable bonds is 1. The van der Waals surface area contributed by atoms with Gasteiger partial charge in [-0.1, -0.05) is 0 Å². The van der Waals surface area contributed by atoms with Crippen molar-refractivity contribution in [3.8, 4) is 0 Å². The molecule has 5 heteroatoms. The topological polar surface area (TPSA) is 50.2 Å². The van der Waals surface area contributed by atoms with Crippen LogP contribution in [0, 0.1) is 0 Å². The smallest absolute Gasteiger partial charge is 0.275 e. The van der Waals surface area contributed by atoms with Gasteiger partial charge in [0.15, 0.2) is 5.69 Å². The zero-order valence-electron chi connectivity index (χ0n) is 8.03. The summed E-state index contributed by atoms with van der Waals surface area (Å²) in [5.74, 6) is 0.0899. The van der Waals surface area contributed by atoms with E-state index in [0.29, 0.717) is 11.7 Å². The first kappa shape index (κ1) is 7.99. The van der Waals surface area contributed by atoms with Gasteiger partial charge in [0.1, 0.15) is 0 Å². The molecule has 1 fully saturated rings. The van der Waals surface area contributed by atoms with E-state index in [1.807, 2.05) is 18.1 Å². The molecule has 2 aliphatic heterocycles. The zero-order valence-corrected chi connectivity index (χ0v) is 8.03. The Bertz CT molecular complexity index is 394. The number of nitrogens with zero attached hydrogens (tertiary/aromatic N) is 3. The van der Waals surface area contributed by atoms with E-state index >= 15 is 0 Å². The minimum absolute atomic E-state index is 0.0899. The molecule has 2 aliphatic rings. The van der Waals surface area contributed by atoms with Crippen LogP contribution in [0.3, 0.4) is 0 Å². The highest BCUT2D eigenvalue weighted by Crippen LogP contribution is 2.24. The molecule has 1 saturated heterocycles. The molecule has 0 atom stereocenters. The molecule has 0 unspecified atom stereocenters. The van der Waals surface area contributed by atoms with Crippen LogP contribution in [0.25, 0.3) is 0 Å². The van der Waals surface area contributed by atoms with Gasteiger partial charge in [-0.05, 0) is 0 Å². The van der Waals surface area contributed by atoms with E-state index < -0.39 is 0 Å². The van der Waals surface area contributed by atoms with Gasteiger partial charge in [-0.3, -0.25) is 9.48 Å². The van der Waals surface area contributed by atoms with E-state index in [0.717, 1.165) is 25.2 Å². The quantitative estimate of drug-likeness (QED) is 0.643. The molecule has 74 valence electrons. The summed E-state index contributed by atoms with van der Waals surface area (Å²) >= 11 is 0. The Morgan fingerprint density at radius 2 is 2.36 bits per heavy atom. The second kappa shape index (κ2) is 2.57. The maximum Gasteiger partial charge on any atom is 0.275 e. The van der Waals surface area contributed by atoms with Crippen molar-refractivity contribution >= 4 is 5.91 Å². The van der Waals surface area contributed by atoms with Crippen molar-refractivity contribution in [2.24, 2.45) is 7.05 Å². The zero-order chi connectivity index (χ0) is 9.71. The molecule has 0 aromatic carbocycles. The molecule has 1 amide bonds. The average molecular weight is 192 g/mol. The van der Waals surface area contributed by atoms with Gasteiger partial charge in [0.05, 0.1) is 12.6 Å². The summed E-state index contributed by atoms with van der Waals surface area (Å²) in [6.07, 6.45) is 1.93. The van der Waals surface area contributed by atoms with E-state index in [1.54, 1.807) is 4.68 Å². The van der Waals surface area contributed by atoms with Gasteiger partial charge < -0.3 is 10.2 Å². The van der Waals surface area contributed by atoms with Gasteiger partial charge in [-0.15, -0.1) is 0 Å². The van der Waals surface area contributed by atoms with E-state index in [1.165, 1.54) is 0 Å². The van der Waals surface area contributed by atoms with Gasteiger partial charge >= 0.3 is 0 Å². The van der Waals surface area contributed by atoms with Crippen LogP contribution in [0.5, 0.6) is 0 Å². The summed E-state index contributed by atoms with van der Waals surface area (Å²) in [7, 11) is 1.85.